The first kappa shape index (κ1) is 12.1. The van der Waals surface area contributed by atoms with Crippen LogP contribution in [-0.2, 0) is 4.79 Å². The molecule has 0 radical (unpaired) electrons. The summed E-state index contributed by atoms with van der Waals surface area (Å²) in [7, 11) is 0. The molecule has 0 saturated carbocycles. The zero-order chi connectivity index (χ0) is 10.4. The summed E-state index contributed by atoms with van der Waals surface area (Å²) in [6.45, 7) is 8.82. The van der Waals surface area contributed by atoms with Crippen LogP contribution in [0.1, 0.15) is 27.2 Å². The lowest BCUT2D eigenvalue weighted by Crippen LogP contribution is -2.24. The molecule has 2 heteroatoms. The summed E-state index contributed by atoms with van der Waals surface area (Å²) in [5.41, 5.74) is 0.924. The van der Waals surface area contributed by atoms with Gasteiger partial charge < -0.3 is 5.11 Å². The maximum Gasteiger partial charge on any atom is 0.139 e. The van der Waals surface area contributed by atoms with E-state index in [0.29, 0.717) is 6.42 Å². The van der Waals surface area contributed by atoms with Crippen molar-refractivity contribution in [1.29, 1.82) is 0 Å². The van der Waals surface area contributed by atoms with E-state index in [2.05, 4.69) is 6.58 Å². The van der Waals surface area contributed by atoms with Gasteiger partial charge >= 0.3 is 0 Å². The Morgan fingerprint density at radius 3 is 2.38 bits per heavy atom. The Hall–Kier alpha value is -0.890. The summed E-state index contributed by atoms with van der Waals surface area (Å²) in [5, 5.41) is 9.53. The van der Waals surface area contributed by atoms with Crippen molar-refractivity contribution < 1.29 is 9.90 Å². The van der Waals surface area contributed by atoms with Gasteiger partial charge in [-0.15, -0.1) is 0 Å². The van der Waals surface area contributed by atoms with Crippen molar-refractivity contribution in [3.05, 3.63) is 24.3 Å². The number of carbonyl (C=O) groups excluding carboxylic acids is 1. The van der Waals surface area contributed by atoms with Gasteiger partial charge in [0.1, 0.15) is 5.78 Å². The third-order valence-electron chi connectivity index (χ3n) is 2.07. The van der Waals surface area contributed by atoms with Gasteiger partial charge in [0.25, 0.3) is 0 Å². The quantitative estimate of drug-likeness (QED) is 0.661. The van der Waals surface area contributed by atoms with Crippen molar-refractivity contribution in [2.24, 2.45) is 5.92 Å². The Labute approximate surface area is 80.0 Å². The molecule has 0 aliphatic heterocycles. The van der Waals surface area contributed by atoms with Gasteiger partial charge in [0.2, 0.25) is 0 Å². The molecule has 0 aliphatic carbocycles. The standard InChI is InChI=1S/C11H18O2/c1-5-8(3)7-10(9(4)12)11(13)6-2/h5,7,10-11,13H,1,6H2,2-4H3. The molecule has 2 unspecified atom stereocenters. The van der Waals surface area contributed by atoms with Crippen LogP contribution in [0.15, 0.2) is 24.3 Å². The van der Waals surface area contributed by atoms with Crippen molar-refractivity contribution in [3.63, 3.8) is 0 Å². The van der Waals surface area contributed by atoms with E-state index in [9.17, 15) is 9.90 Å². The van der Waals surface area contributed by atoms with Crippen LogP contribution < -0.4 is 0 Å². The van der Waals surface area contributed by atoms with Crippen LogP contribution in [0.3, 0.4) is 0 Å². The van der Waals surface area contributed by atoms with Gasteiger partial charge in [-0.1, -0.05) is 31.2 Å². The fraction of sp³-hybridized carbons (Fsp3) is 0.545. The molecule has 0 aromatic carbocycles. The number of aliphatic hydroxyl groups is 1. The van der Waals surface area contributed by atoms with Crippen molar-refractivity contribution in [1.82, 2.24) is 0 Å². The van der Waals surface area contributed by atoms with E-state index < -0.39 is 6.10 Å². The van der Waals surface area contributed by atoms with Crippen molar-refractivity contribution in [3.8, 4) is 0 Å². The molecule has 0 saturated heterocycles. The topological polar surface area (TPSA) is 37.3 Å². The fourth-order valence-corrected chi connectivity index (χ4v) is 1.10. The molecule has 0 aromatic heterocycles. The number of allylic oxidation sites excluding steroid dienone is 2. The predicted octanol–water partition coefficient (Wildman–Crippen LogP) is 2.09. The van der Waals surface area contributed by atoms with Crippen LogP contribution in [0.4, 0.5) is 0 Å². The number of hydrogen-bond donors (Lipinski definition) is 1. The van der Waals surface area contributed by atoms with E-state index in [4.69, 9.17) is 0 Å². The number of Topliss-reactive ketones (excluding diaryl/α,β-unsaturated/α-hetero) is 1. The SMILES string of the molecule is C=CC(C)=CC(C(C)=O)C(O)CC. The molecular formula is C11H18O2. The number of hydrogen-bond acceptors (Lipinski definition) is 2. The summed E-state index contributed by atoms with van der Waals surface area (Å²) in [6.07, 6.45) is 3.46. The third kappa shape index (κ3) is 4.04. The average Bonchev–Trinajstić information content (AvgIpc) is 2.11. The molecule has 0 spiro atoms. The third-order valence-corrected chi connectivity index (χ3v) is 2.07. The van der Waals surface area contributed by atoms with E-state index in [1.807, 2.05) is 13.8 Å². The minimum absolute atomic E-state index is 0.00412. The Morgan fingerprint density at radius 1 is 1.54 bits per heavy atom. The van der Waals surface area contributed by atoms with Crippen molar-refractivity contribution in [2.45, 2.75) is 33.3 Å². The molecule has 74 valence electrons. The lowest BCUT2D eigenvalue weighted by atomic mass is 9.94. The zero-order valence-corrected chi connectivity index (χ0v) is 8.58. The fourth-order valence-electron chi connectivity index (χ4n) is 1.10. The van der Waals surface area contributed by atoms with Gasteiger partial charge in [-0.25, -0.2) is 0 Å². The van der Waals surface area contributed by atoms with E-state index in [1.165, 1.54) is 6.92 Å². The van der Waals surface area contributed by atoms with Gasteiger partial charge in [0.15, 0.2) is 0 Å². The molecule has 0 amide bonds. The Balaban J connectivity index is 4.62. The second kappa shape index (κ2) is 5.70. The first-order chi connectivity index (χ1) is 6.02. The monoisotopic (exact) mass is 182 g/mol. The lowest BCUT2D eigenvalue weighted by Gasteiger charge is -2.15. The molecule has 2 nitrogen and oxygen atoms in total. The van der Waals surface area contributed by atoms with Gasteiger partial charge in [0, 0.05) is 0 Å². The van der Waals surface area contributed by atoms with Crippen LogP contribution in [0.2, 0.25) is 0 Å². The smallest absolute Gasteiger partial charge is 0.139 e. The summed E-state index contributed by atoms with van der Waals surface area (Å²) >= 11 is 0. The molecule has 0 heterocycles. The summed E-state index contributed by atoms with van der Waals surface area (Å²) in [5.74, 6) is -0.390. The Bertz CT molecular complexity index is 216. The number of carbonyl (C=O) groups is 1. The van der Waals surface area contributed by atoms with Crippen LogP contribution in [-0.4, -0.2) is 17.0 Å². The van der Waals surface area contributed by atoms with Gasteiger partial charge in [-0.3, -0.25) is 4.79 Å². The maximum atomic E-state index is 11.2. The van der Waals surface area contributed by atoms with Crippen LogP contribution in [0.25, 0.3) is 0 Å². The maximum absolute atomic E-state index is 11.2. The summed E-state index contributed by atoms with van der Waals surface area (Å²) < 4.78 is 0. The van der Waals surface area contributed by atoms with Crippen LogP contribution in [0, 0.1) is 5.92 Å². The van der Waals surface area contributed by atoms with Crippen molar-refractivity contribution in [2.75, 3.05) is 0 Å². The largest absolute Gasteiger partial charge is 0.392 e. The van der Waals surface area contributed by atoms with Crippen LogP contribution >= 0.6 is 0 Å². The molecule has 0 bridgehead atoms. The van der Waals surface area contributed by atoms with Gasteiger partial charge in [-0.05, 0) is 20.3 Å². The highest BCUT2D eigenvalue weighted by molar-refractivity contribution is 5.80. The van der Waals surface area contributed by atoms with E-state index >= 15 is 0 Å². The Kier molecular flexibility index (Phi) is 5.31. The van der Waals surface area contributed by atoms with E-state index in [0.717, 1.165) is 5.57 Å². The van der Waals surface area contributed by atoms with Gasteiger partial charge in [0.05, 0.1) is 12.0 Å². The minimum atomic E-state index is -0.576. The first-order valence-electron chi connectivity index (χ1n) is 4.52. The summed E-state index contributed by atoms with van der Waals surface area (Å²) in [6, 6.07) is 0. The minimum Gasteiger partial charge on any atom is -0.392 e. The normalized spacial score (nSPS) is 16.5. The second-order valence-corrected chi connectivity index (χ2v) is 3.23. The van der Waals surface area contributed by atoms with Crippen LogP contribution in [0.5, 0.6) is 0 Å². The Morgan fingerprint density at radius 2 is 2.08 bits per heavy atom. The van der Waals surface area contributed by atoms with Gasteiger partial charge in [-0.2, -0.15) is 0 Å². The summed E-state index contributed by atoms with van der Waals surface area (Å²) in [4.78, 5) is 11.2. The molecular weight excluding hydrogens is 164 g/mol. The van der Waals surface area contributed by atoms with Crippen molar-refractivity contribution >= 4 is 5.78 Å². The zero-order valence-electron chi connectivity index (χ0n) is 8.58. The predicted molar refractivity (Wildman–Crippen MR) is 54.4 cm³/mol. The van der Waals surface area contributed by atoms with E-state index in [-0.39, 0.29) is 11.7 Å². The first-order valence-corrected chi connectivity index (χ1v) is 4.52. The molecule has 1 N–H and O–H groups in total. The molecule has 2 atom stereocenters. The van der Waals surface area contributed by atoms with E-state index in [1.54, 1.807) is 12.2 Å². The molecule has 0 aliphatic rings. The highest BCUT2D eigenvalue weighted by atomic mass is 16.3. The molecule has 0 fully saturated rings. The number of ketones is 1. The second-order valence-electron chi connectivity index (χ2n) is 3.23. The lowest BCUT2D eigenvalue weighted by molar-refractivity contribution is -0.122. The highest BCUT2D eigenvalue weighted by Crippen LogP contribution is 2.13. The molecule has 13 heavy (non-hydrogen) atoms. The average molecular weight is 182 g/mol. The number of rotatable bonds is 5. The molecule has 0 rings (SSSR count). The number of aliphatic hydroxyl groups excluding tert-OH is 1. The highest BCUT2D eigenvalue weighted by Gasteiger charge is 2.19. The molecule has 0 aromatic rings.